The smallest absolute Gasteiger partial charge is 0.246 e. The van der Waals surface area contributed by atoms with Crippen LogP contribution in [-0.4, -0.2) is 49.7 Å². The maximum atomic E-state index is 13.9. The van der Waals surface area contributed by atoms with Gasteiger partial charge in [-0.2, -0.15) is 4.31 Å². The van der Waals surface area contributed by atoms with E-state index in [1.165, 1.54) is 0 Å². The van der Waals surface area contributed by atoms with Crippen LogP contribution in [0.2, 0.25) is 5.02 Å². The summed E-state index contributed by atoms with van der Waals surface area (Å²) < 4.78 is 53.1. The minimum Gasteiger partial charge on any atom is -0.340 e. The van der Waals surface area contributed by atoms with Crippen molar-refractivity contribution in [3.05, 3.63) is 64.7 Å². The van der Waals surface area contributed by atoms with Crippen molar-refractivity contribution in [3.8, 4) is 0 Å². The van der Waals surface area contributed by atoms with E-state index in [4.69, 9.17) is 11.6 Å². The molecule has 5 nitrogen and oxygen atoms in total. The zero-order valence-corrected chi connectivity index (χ0v) is 15.8. The summed E-state index contributed by atoms with van der Waals surface area (Å²) >= 11 is 6.06. The summed E-state index contributed by atoms with van der Waals surface area (Å²) in [5.74, 6) is -2.14. The van der Waals surface area contributed by atoms with Crippen molar-refractivity contribution in [2.75, 3.05) is 26.2 Å². The van der Waals surface area contributed by atoms with Gasteiger partial charge < -0.3 is 4.90 Å². The molecule has 0 saturated carbocycles. The van der Waals surface area contributed by atoms with Crippen molar-refractivity contribution < 1.29 is 22.0 Å². The van der Waals surface area contributed by atoms with Gasteiger partial charge in [0.25, 0.3) is 0 Å². The first-order chi connectivity index (χ1) is 12.8. The predicted octanol–water partition coefficient (Wildman–Crippen LogP) is 2.69. The van der Waals surface area contributed by atoms with Gasteiger partial charge in [-0.1, -0.05) is 29.8 Å². The van der Waals surface area contributed by atoms with Crippen LogP contribution in [0.3, 0.4) is 0 Å². The average Bonchev–Trinajstić information content (AvgIpc) is 2.63. The summed E-state index contributed by atoms with van der Waals surface area (Å²) in [6, 6.07) is 9.37. The van der Waals surface area contributed by atoms with Crippen LogP contribution in [0, 0.1) is 11.6 Å². The molecule has 0 atom stereocenters. The number of amides is 1. The fraction of sp³-hybridized carbons (Fsp3) is 0.278. The minimum absolute atomic E-state index is 0.0351. The average molecular weight is 415 g/mol. The number of carbonyl (C=O) groups excluding carboxylic acids is 1. The molecule has 9 heteroatoms. The lowest BCUT2D eigenvalue weighted by Gasteiger charge is -2.34. The summed E-state index contributed by atoms with van der Waals surface area (Å²) in [7, 11) is -4.09. The number of sulfonamides is 1. The van der Waals surface area contributed by atoms with E-state index in [0.29, 0.717) is 16.7 Å². The lowest BCUT2D eigenvalue weighted by atomic mass is 10.1. The highest BCUT2D eigenvalue weighted by Crippen LogP contribution is 2.22. The molecule has 144 valence electrons. The topological polar surface area (TPSA) is 57.7 Å². The van der Waals surface area contributed by atoms with Crippen molar-refractivity contribution in [1.29, 1.82) is 0 Å². The molecule has 1 aliphatic rings. The van der Waals surface area contributed by atoms with Crippen molar-refractivity contribution in [3.63, 3.8) is 0 Å². The second-order valence-electron chi connectivity index (χ2n) is 6.13. The van der Waals surface area contributed by atoms with E-state index in [1.54, 1.807) is 29.2 Å². The van der Waals surface area contributed by atoms with Crippen LogP contribution in [-0.2, 0) is 21.2 Å². The fourth-order valence-electron chi connectivity index (χ4n) is 2.92. The molecule has 0 radical (unpaired) electrons. The van der Waals surface area contributed by atoms with Crippen molar-refractivity contribution >= 4 is 27.5 Å². The van der Waals surface area contributed by atoms with Gasteiger partial charge >= 0.3 is 0 Å². The number of nitrogens with zero attached hydrogens (tertiary/aromatic N) is 2. The van der Waals surface area contributed by atoms with E-state index in [2.05, 4.69) is 0 Å². The lowest BCUT2D eigenvalue weighted by molar-refractivity contribution is -0.131. The van der Waals surface area contributed by atoms with Gasteiger partial charge in [-0.3, -0.25) is 4.79 Å². The lowest BCUT2D eigenvalue weighted by Crippen LogP contribution is -2.51. The Kier molecular flexibility index (Phi) is 5.78. The Hall–Kier alpha value is -2.03. The number of hydrogen-bond acceptors (Lipinski definition) is 3. The summed E-state index contributed by atoms with van der Waals surface area (Å²) in [5, 5.41) is 0.499. The summed E-state index contributed by atoms with van der Waals surface area (Å²) in [6.07, 6.45) is 0.124. The first-order valence-corrected chi connectivity index (χ1v) is 10.1. The van der Waals surface area contributed by atoms with Crippen LogP contribution >= 0.6 is 11.6 Å². The maximum Gasteiger partial charge on any atom is 0.246 e. The fourth-order valence-corrected chi connectivity index (χ4v) is 4.59. The number of piperazine rings is 1. The Bertz CT molecular complexity index is 961. The standard InChI is InChI=1S/C18H17ClF2N2O3S/c19-15-4-2-1-3-13(15)11-18(24)22-7-9-23(10-8-22)27(25,26)17-6-5-14(20)12-16(17)21/h1-6,12H,7-11H2. The van der Waals surface area contributed by atoms with E-state index in [0.717, 1.165) is 16.4 Å². The normalized spacial score (nSPS) is 15.7. The predicted molar refractivity (Wildman–Crippen MR) is 96.9 cm³/mol. The monoisotopic (exact) mass is 414 g/mol. The van der Waals surface area contributed by atoms with Gasteiger partial charge in [0, 0.05) is 37.3 Å². The minimum atomic E-state index is -4.09. The first kappa shape index (κ1) is 19.7. The number of hydrogen-bond donors (Lipinski definition) is 0. The van der Waals surface area contributed by atoms with Gasteiger partial charge in [0.05, 0.1) is 6.42 Å². The van der Waals surface area contributed by atoms with Crippen LogP contribution in [0.5, 0.6) is 0 Å². The summed E-state index contributed by atoms with van der Waals surface area (Å²) in [5.41, 5.74) is 0.701. The zero-order valence-electron chi connectivity index (χ0n) is 14.2. The number of carbonyl (C=O) groups is 1. The first-order valence-electron chi connectivity index (χ1n) is 8.25. The van der Waals surface area contributed by atoms with Crippen LogP contribution in [0.15, 0.2) is 47.4 Å². The molecule has 3 rings (SSSR count). The highest BCUT2D eigenvalue weighted by Gasteiger charge is 2.32. The van der Waals surface area contributed by atoms with Gasteiger partial charge in [0.2, 0.25) is 15.9 Å². The highest BCUT2D eigenvalue weighted by atomic mass is 35.5. The van der Waals surface area contributed by atoms with Gasteiger partial charge in [-0.05, 0) is 23.8 Å². The van der Waals surface area contributed by atoms with Crippen molar-refractivity contribution in [1.82, 2.24) is 9.21 Å². The Labute approximate surface area is 161 Å². The highest BCUT2D eigenvalue weighted by molar-refractivity contribution is 7.89. The molecule has 0 N–H and O–H groups in total. The Balaban J connectivity index is 1.66. The Morgan fingerprint density at radius 1 is 1.04 bits per heavy atom. The van der Waals surface area contributed by atoms with Crippen LogP contribution in [0.1, 0.15) is 5.56 Å². The van der Waals surface area contributed by atoms with Gasteiger partial charge in [0.1, 0.15) is 16.5 Å². The van der Waals surface area contributed by atoms with Gasteiger partial charge in [-0.15, -0.1) is 0 Å². The van der Waals surface area contributed by atoms with Crippen LogP contribution < -0.4 is 0 Å². The van der Waals surface area contributed by atoms with E-state index in [9.17, 15) is 22.0 Å². The Morgan fingerprint density at radius 3 is 2.33 bits per heavy atom. The van der Waals surface area contributed by atoms with Crippen LogP contribution in [0.25, 0.3) is 0 Å². The summed E-state index contributed by atoms with van der Waals surface area (Å²) in [4.78, 5) is 13.4. The van der Waals surface area contributed by atoms with Gasteiger partial charge in [-0.25, -0.2) is 17.2 Å². The molecule has 1 saturated heterocycles. The van der Waals surface area contributed by atoms with E-state index in [1.807, 2.05) is 0 Å². The van der Waals surface area contributed by atoms with Crippen molar-refractivity contribution in [2.45, 2.75) is 11.3 Å². The number of halogens is 3. The third kappa shape index (κ3) is 4.28. The zero-order chi connectivity index (χ0) is 19.6. The molecular weight excluding hydrogens is 398 g/mol. The number of benzene rings is 2. The third-order valence-corrected chi connectivity index (χ3v) is 6.70. The molecule has 27 heavy (non-hydrogen) atoms. The van der Waals surface area contributed by atoms with Crippen LogP contribution in [0.4, 0.5) is 8.78 Å². The third-order valence-electron chi connectivity index (χ3n) is 4.40. The molecule has 2 aromatic carbocycles. The number of rotatable bonds is 4. The SMILES string of the molecule is O=C(Cc1ccccc1Cl)N1CCN(S(=O)(=O)c2ccc(F)cc2F)CC1. The molecule has 0 spiro atoms. The molecule has 0 unspecified atom stereocenters. The molecule has 1 aliphatic heterocycles. The Morgan fingerprint density at radius 2 is 1.70 bits per heavy atom. The van der Waals surface area contributed by atoms with E-state index in [-0.39, 0.29) is 38.5 Å². The molecule has 1 heterocycles. The maximum absolute atomic E-state index is 13.9. The molecule has 0 aliphatic carbocycles. The largest absolute Gasteiger partial charge is 0.340 e. The molecule has 0 aromatic heterocycles. The van der Waals surface area contributed by atoms with E-state index >= 15 is 0 Å². The molecule has 0 bridgehead atoms. The van der Waals surface area contributed by atoms with Crippen molar-refractivity contribution in [2.24, 2.45) is 0 Å². The van der Waals surface area contributed by atoms with E-state index < -0.39 is 26.6 Å². The second-order valence-corrected chi connectivity index (χ2v) is 8.44. The second kappa shape index (κ2) is 7.92. The molecule has 1 fully saturated rings. The molecular formula is C18H17ClF2N2O3S. The van der Waals surface area contributed by atoms with Gasteiger partial charge in [0.15, 0.2) is 0 Å². The summed E-state index contributed by atoms with van der Waals surface area (Å²) in [6.45, 7) is 0.442. The quantitative estimate of drug-likeness (QED) is 0.773. The molecule has 2 aromatic rings. The molecule has 1 amide bonds.